The zero-order chi connectivity index (χ0) is 13.0. The monoisotopic (exact) mass is 274 g/mol. The zero-order valence-electron chi connectivity index (χ0n) is 10.1. The van der Waals surface area contributed by atoms with Gasteiger partial charge in [-0.05, 0) is 31.5 Å². The molecule has 0 radical (unpaired) electrons. The molecular formula is C12H16Cl2N2O. The van der Waals surface area contributed by atoms with Crippen molar-refractivity contribution < 1.29 is 4.79 Å². The Bertz CT molecular complexity index is 409. The normalized spacial score (nSPS) is 14.2. The summed E-state index contributed by atoms with van der Waals surface area (Å²) >= 11 is 11.9. The van der Waals surface area contributed by atoms with Crippen molar-refractivity contribution in [3.05, 3.63) is 33.8 Å². The molecule has 0 spiro atoms. The molecule has 1 amide bonds. The predicted molar refractivity (Wildman–Crippen MR) is 71.5 cm³/mol. The van der Waals surface area contributed by atoms with Gasteiger partial charge in [0.05, 0.1) is 6.04 Å². The van der Waals surface area contributed by atoms with Gasteiger partial charge in [-0.1, -0.05) is 29.3 Å². The van der Waals surface area contributed by atoms with Gasteiger partial charge in [0.2, 0.25) is 5.91 Å². The van der Waals surface area contributed by atoms with Crippen molar-refractivity contribution in [2.24, 2.45) is 0 Å². The minimum absolute atomic E-state index is 0.0212. The van der Waals surface area contributed by atoms with Gasteiger partial charge >= 0.3 is 0 Å². The molecule has 0 aliphatic carbocycles. The van der Waals surface area contributed by atoms with E-state index in [0.717, 1.165) is 5.56 Å². The lowest BCUT2D eigenvalue weighted by Crippen LogP contribution is -2.41. The van der Waals surface area contributed by atoms with Gasteiger partial charge in [-0.3, -0.25) is 10.1 Å². The van der Waals surface area contributed by atoms with Crippen LogP contribution in [0.4, 0.5) is 0 Å². The molecule has 0 aromatic heterocycles. The third-order valence-electron chi connectivity index (χ3n) is 2.57. The zero-order valence-corrected chi connectivity index (χ0v) is 11.6. The standard InChI is InChI=1S/C12H16Cl2N2O/c1-7(16-8(2)12(17)15-3)10-5-4-9(13)6-11(10)14/h4-8,16H,1-3H3,(H,15,17)/t7-,8-/m0/s1. The van der Waals surface area contributed by atoms with E-state index in [4.69, 9.17) is 23.2 Å². The fourth-order valence-electron chi connectivity index (χ4n) is 1.61. The van der Waals surface area contributed by atoms with Crippen molar-refractivity contribution in [2.75, 3.05) is 7.05 Å². The maximum absolute atomic E-state index is 11.4. The van der Waals surface area contributed by atoms with Crippen LogP contribution in [0.5, 0.6) is 0 Å². The molecule has 5 heteroatoms. The number of carbonyl (C=O) groups excluding carboxylic acids is 1. The van der Waals surface area contributed by atoms with E-state index >= 15 is 0 Å². The van der Waals surface area contributed by atoms with E-state index in [0.29, 0.717) is 10.0 Å². The van der Waals surface area contributed by atoms with Crippen LogP contribution in [0.3, 0.4) is 0 Å². The second-order valence-corrected chi connectivity index (χ2v) is 4.73. The second-order valence-electron chi connectivity index (χ2n) is 3.89. The number of rotatable bonds is 4. The summed E-state index contributed by atoms with van der Waals surface area (Å²) in [5.41, 5.74) is 0.923. The molecule has 0 saturated carbocycles. The lowest BCUT2D eigenvalue weighted by atomic mass is 10.1. The minimum atomic E-state index is -0.276. The fraction of sp³-hybridized carbons (Fsp3) is 0.417. The molecule has 17 heavy (non-hydrogen) atoms. The van der Waals surface area contributed by atoms with Gasteiger partial charge in [0.1, 0.15) is 0 Å². The number of benzene rings is 1. The second kappa shape index (κ2) is 6.24. The highest BCUT2D eigenvalue weighted by atomic mass is 35.5. The molecule has 0 saturated heterocycles. The Hall–Kier alpha value is -0.770. The summed E-state index contributed by atoms with van der Waals surface area (Å²) in [5.74, 6) is -0.0538. The highest BCUT2D eigenvalue weighted by molar-refractivity contribution is 6.35. The van der Waals surface area contributed by atoms with E-state index in [1.165, 1.54) is 0 Å². The molecule has 1 aromatic rings. The highest BCUT2D eigenvalue weighted by Gasteiger charge is 2.16. The van der Waals surface area contributed by atoms with Crippen molar-refractivity contribution in [1.82, 2.24) is 10.6 Å². The molecule has 0 aliphatic rings. The molecule has 2 atom stereocenters. The number of nitrogens with one attached hydrogen (secondary N) is 2. The average molecular weight is 275 g/mol. The Morgan fingerprint density at radius 3 is 2.47 bits per heavy atom. The smallest absolute Gasteiger partial charge is 0.236 e. The van der Waals surface area contributed by atoms with Gasteiger partial charge < -0.3 is 5.32 Å². The molecule has 0 fully saturated rings. The molecule has 1 rings (SSSR count). The van der Waals surface area contributed by atoms with Crippen LogP contribution in [0, 0.1) is 0 Å². The van der Waals surface area contributed by atoms with Gasteiger partial charge in [0, 0.05) is 23.1 Å². The average Bonchev–Trinajstić information content (AvgIpc) is 2.27. The van der Waals surface area contributed by atoms with Crippen molar-refractivity contribution in [1.29, 1.82) is 0 Å². The molecular weight excluding hydrogens is 259 g/mol. The topological polar surface area (TPSA) is 41.1 Å². The van der Waals surface area contributed by atoms with Crippen molar-refractivity contribution in [2.45, 2.75) is 25.9 Å². The van der Waals surface area contributed by atoms with E-state index < -0.39 is 0 Å². The quantitative estimate of drug-likeness (QED) is 0.887. The van der Waals surface area contributed by atoms with Crippen LogP contribution in [0.15, 0.2) is 18.2 Å². The Morgan fingerprint density at radius 2 is 1.94 bits per heavy atom. The third-order valence-corrected chi connectivity index (χ3v) is 3.13. The molecule has 1 aromatic carbocycles. The Balaban J connectivity index is 2.76. The van der Waals surface area contributed by atoms with Crippen LogP contribution in [-0.2, 0) is 4.79 Å². The van der Waals surface area contributed by atoms with Crippen LogP contribution < -0.4 is 10.6 Å². The summed E-state index contributed by atoms with van der Waals surface area (Å²) in [6.07, 6.45) is 0. The van der Waals surface area contributed by atoms with Gasteiger partial charge in [-0.15, -0.1) is 0 Å². The van der Waals surface area contributed by atoms with Gasteiger partial charge in [-0.25, -0.2) is 0 Å². The first-order valence-corrected chi connectivity index (χ1v) is 6.14. The number of hydrogen-bond donors (Lipinski definition) is 2. The van der Waals surface area contributed by atoms with E-state index in [-0.39, 0.29) is 18.0 Å². The SMILES string of the molecule is CNC(=O)[C@H](C)N[C@@H](C)c1ccc(Cl)cc1Cl. The molecule has 2 N–H and O–H groups in total. The highest BCUT2D eigenvalue weighted by Crippen LogP contribution is 2.26. The van der Waals surface area contributed by atoms with Gasteiger partial charge in [-0.2, -0.15) is 0 Å². The summed E-state index contributed by atoms with van der Waals surface area (Å²) in [5, 5.41) is 6.96. The summed E-state index contributed by atoms with van der Waals surface area (Å²) in [6.45, 7) is 3.76. The Kier molecular flexibility index (Phi) is 5.25. The van der Waals surface area contributed by atoms with Crippen LogP contribution in [0.2, 0.25) is 10.0 Å². The maximum atomic E-state index is 11.4. The van der Waals surface area contributed by atoms with Gasteiger partial charge in [0.25, 0.3) is 0 Å². The van der Waals surface area contributed by atoms with Crippen molar-refractivity contribution in [3.63, 3.8) is 0 Å². The first-order chi connectivity index (χ1) is 7.95. The minimum Gasteiger partial charge on any atom is -0.358 e. The lowest BCUT2D eigenvalue weighted by Gasteiger charge is -2.20. The van der Waals surface area contributed by atoms with Crippen LogP contribution in [0.1, 0.15) is 25.5 Å². The van der Waals surface area contributed by atoms with E-state index in [9.17, 15) is 4.79 Å². The molecule has 0 bridgehead atoms. The first kappa shape index (κ1) is 14.3. The van der Waals surface area contributed by atoms with Crippen LogP contribution >= 0.6 is 23.2 Å². The van der Waals surface area contributed by atoms with Crippen LogP contribution in [-0.4, -0.2) is 19.0 Å². The maximum Gasteiger partial charge on any atom is 0.236 e. The predicted octanol–water partition coefficient (Wildman–Crippen LogP) is 2.78. The van der Waals surface area contributed by atoms with Gasteiger partial charge in [0.15, 0.2) is 0 Å². The van der Waals surface area contributed by atoms with Crippen LogP contribution in [0.25, 0.3) is 0 Å². The van der Waals surface area contributed by atoms with Crippen molar-refractivity contribution >= 4 is 29.1 Å². The summed E-state index contributed by atoms with van der Waals surface area (Å²) in [7, 11) is 1.61. The number of hydrogen-bond acceptors (Lipinski definition) is 2. The molecule has 0 unspecified atom stereocenters. The third kappa shape index (κ3) is 3.87. The molecule has 0 heterocycles. The number of carbonyl (C=O) groups is 1. The lowest BCUT2D eigenvalue weighted by molar-refractivity contribution is -0.122. The molecule has 0 aliphatic heterocycles. The first-order valence-electron chi connectivity index (χ1n) is 5.38. The number of likely N-dealkylation sites (N-methyl/N-ethyl adjacent to an activating group) is 1. The number of amides is 1. The summed E-state index contributed by atoms with van der Waals surface area (Å²) in [6, 6.07) is 5.04. The number of halogens is 2. The molecule has 94 valence electrons. The fourth-order valence-corrected chi connectivity index (χ4v) is 2.18. The Morgan fingerprint density at radius 1 is 1.29 bits per heavy atom. The summed E-state index contributed by atoms with van der Waals surface area (Å²) < 4.78 is 0. The summed E-state index contributed by atoms with van der Waals surface area (Å²) in [4.78, 5) is 11.4. The van der Waals surface area contributed by atoms with E-state index in [1.54, 1.807) is 26.1 Å². The molecule has 3 nitrogen and oxygen atoms in total. The van der Waals surface area contributed by atoms with E-state index in [1.807, 2.05) is 13.0 Å². The van der Waals surface area contributed by atoms with Crippen molar-refractivity contribution in [3.8, 4) is 0 Å². The largest absolute Gasteiger partial charge is 0.358 e. The Labute approximate surface area is 111 Å². The van der Waals surface area contributed by atoms with E-state index in [2.05, 4.69) is 10.6 Å².